The molecule has 120 valence electrons. The quantitative estimate of drug-likeness (QED) is 0.732. The summed E-state index contributed by atoms with van der Waals surface area (Å²) in [5.74, 6) is -0.962. The van der Waals surface area contributed by atoms with Crippen LogP contribution in [0.2, 0.25) is 0 Å². The van der Waals surface area contributed by atoms with Crippen LogP contribution in [0, 0.1) is 0 Å². The van der Waals surface area contributed by atoms with E-state index in [0.29, 0.717) is 32.8 Å². The molecular weight excluding hydrogens is 288 g/mol. The molecule has 2 N–H and O–H groups in total. The molecule has 7 nitrogen and oxygen atoms in total. The van der Waals surface area contributed by atoms with Crippen LogP contribution in [0.25, 0.3) is 0 Å². The second-order valence-corrected chi connectivity index (χ2v) is 5.05. The Morgan fingerprint density at radius 2 is 1.95 bits per heavy atom. The normalized spacial score (nSPS) is 14.5. The minimum Gasteiger partial charge on any atom is -0.478 e. The third kappa shape index (κ3) is 4.44. The van der Waals surface area contributed by atoms with Crippen molar-refractivity contribution in [1.82, 2.24) is 10.2 Å². The van der Waals surface area contributed by atoms with E-state index in [2.05, 4.69) is 5.32 Å². The van der Waals surface area contributed by atoms with Crippen LogP contribution in [0.3, 0.4) is 0 Å². The largest absolute Gasteiger partial charge is 0.478 e. The molecule has 0 saturated carbocycles. The average molecular weight is 308 g/mol. The molecular formula is C15H20N2O5. The molecule has 7 heteroatoms. The molecule has 0 aliphatic carbocycles. The maximum atomic E-state index is 11.9. The Hall–Kier alpha value is -2.12. The Balaban J connectivity index is 1.67. The predicted octanol–water partition coefficient (Wildman–Crippen LogP) is 0.942. The molecule has 1 saturated heterocycles. The van der Waals surface area contributed by atoms with Gasteiger partial charge in [-0.1, -0.05) is 12.1 Å². The molecule has 2 rings (SSSR count). The van der Waals surface area contributed by atoms with E-state index in [1.807, 2.05) is 0 Å². The number of nitrogens with zero attached hydrogens (tertiary/aromatic N) is 1. The minimum atomic E-state index is -0.962. The van der Waals surface area contributed by atoms with Gasteiger partial charge in [0.05, 0.1) is 38.0 Å². The van der Waals surface area contributed by atoms with Crippen molar-refractivity contribution in [1.29, 1.82) is 0 Å². The molecule has 1 fully saturated rings. The fourth-order valence-electron chi connectivity index (χ4n) is 2.06. The van der Waals surface area contributed by atoms with E-state index in [1.54, 1.807) is 24.1 Å². The highest BCUT2D eigenvalue weighted by molar-refractivity contribution is 5.87. The summed E-state index contributed by atoms with van der Waals surface area (Å²) in [4.78, 5) is 24.3. The Morgan fingerprint density at radius 3 is 2.55 bits per heavy atom. The van der Waals surface area contributed by atoms with E-state index >= 15 is 0 Å². The van der Waals surface area contributed by atoms with Crippen molar-refractivity contribution >= 4 is 12.0 Å². The lowest BCUT2D eigenvalue weighted by atomic mass is 10.1. The van der Waals surface area contributed by atoms with Crippen molar-refractivity contribution in [3.05, 3.63) is 35.4 Å². The SMILES string of the molecule is COCCOC1CN(C(=O)NCc2ccc(C(=O)O)cc2)C1. The molecule has 0 spiro atoms. The molecule has 1 aliphatic heterocycles. The maximum absolute atomic E-state index is 11.9. The summed E-state index contributed by atoms with van der Waals surface area (Å²) in [5.41, 5.74) is 1.08. The first kappa shape index (κ1) is 16.3. The number of amides is 2. The van der Waals surface area contributed by atoms with Crippen LogP contribution < -0.4 is 5.32 Å². The van der Waals surface area contributed by atoms with Crippen molar-refractivity contribution in [2.24, 2.45) is 0 Å². The van der Waals surface area contributed by atoms with Gasteiger partial charge < -0.3 is 24.8 Å². The number of urea groups is 1. The van der Waals surface area contributed by atoms with Gasteiger partial charge in [0.1, 0.15) is 0 Å². The number of benzene rings is 1. The number of aromatic carboxylic acids is 1. The maximum Gasteiger partial charge on any atom is 0.335 e. The Kier molecular flexibility index (Phi) is 5.74. The molecule has 0 unspecified atom stereocenters. The molecule has 1 aromatic carbocycles. The Morgan fingerprint density at radius 1 is 1.27 bits per heavy atom. The molecule has 0 radical (unpaired) electrons. The second kappa shape index (κ2) is 7.77. The fourth-order valence-corrected chi connectivity index (χ4v) is 2.06. The van der Waals surface area contributed by atoms with E-state index in [0.717, 1.165) is 5.56 Å². The second-order valence-electron chi connectivity index (χ2n) is 5.05. The summed E-state index contributed by atoms with van der Waals surface area (Å²) < 4.78 is 10.4. The monoisotopic (exact) mass is 308 g/mol. The first-order valence-corrected chi connectivity index (χ1v) is 7.05. The van der Waals surface area contributed by atoms with Gasteiger partial charge in [0.25, 0.3) is 0 Å². The van der Waals surface area contributed by atoms with E-state index in [-0.39, 0.29) is 17.7 Å². The van der Waals surface area contributed by atoms with E-state index in [1.165, 1.54) is 12.1 Å². The van der Waals surface area contributed by atoms with Crippen molar-refractivity contribution in [3.8, 4) is 0 Å². The smallest absolute Gasteiger partial charge is 0.335 e. The molecule has 1 heterocycles. The highest BCUT2D eigenvalue weighted by atomic mass is 16.5. The van der Waals surface area contributed by atoms with Gasteiger partial charge in [0.2, 0.25) is 0 Å². The number of hydrogen-bond donors (Lipinski definition) is 2. The number of carbonyl (C=O) groups excluding carboxylic acids is 1. The zero-order valence-corrected chi connectivity index (χ0v) is 12.4. The van der Waals surface area contributed by atoms with Crippen LogP contribution in [0.4, 0.5) is 4.79 Å². The Bertz CT molecular complexity index is 511. The van der Waals surface area contributed by atoms with Gasteiger partial charge >= 0.3 is 12.0 Å². The minimum absolute atomic E-state index is 0.0794. The summed E-state index contributed by atoms with van der Waals surface area (Å²) in [6, 6.07) is 6.28. The number of carbonyl (C=O) groups is 2. The number of carboxylic acid groups (broad SMARTS) is 1. The van der Waals surface area contributed by atoms with Crippen LogP contribution in [0.1, 0.15) is 15.9 Å². The average Bonchev–Trinajstić information content (AvgIpc) is 2.47. The molecule has 2 amide bonds. The molecule has 0 atom stereocenters. The number of hydrogen-bond acceptors (Lipinski definition) is 4. The van der Waals surface area contributed by atoms with Crippen LogP contribution in [-0.2, 0) is 16.0 Å². The fraction of sp³-hybridized carbons (Fsp3) is 0.467. The molecule has 22 heavy (non-hydrogen) atoms. The lowest BCUT2D eigenvalue weighted by Crippen LogP contribution is -2.57. The summed E-state index contributed by atoms with van der Waals surface area (Å²) in [6.45, 7) is 2.60. The molecule has 1 aromatic rings. The summed E-state index contributed by atoms with van der Waals surface area (Å²) in [5, 5.41) is 11.6. The lowest BCUT2D eigenvalue weighted by molar-refractivity contribution is -0.0504. The first-order chi connectivity index (χ1) is 10.6. The van der Waals surface area contributed by atoms with Gasteiger partial charge in [-0.05, 0) is 17.7 Å². The first-order valence-electron chi connectivity index (χ1n) is 7.05. The zero-order chi connectivity index (χ0) is 15.9. The van der Waals surface area contributed by atoms with Crippen LogP contribution >= 0.6 is 0 Å². The summed E-state index contributed by atoms with van der Waals surface area (Å²) >= 11 is 0. The van der Waals surface area contributed by atoms with Crippen molar-refractivity contribution < 1.29 is 24.2 Å². The molecule has 1 aliphatic rings. The lowest BCUT2D eigenvalue weighted by Gasteiger charge is -2.38. The van der Waals surface area contributed by atoms with Crippen molar-refractivity contribution in [3.63, 3.8) is 0 Å². The van der Waals surface area contributed by atoms with Gasteiger partial charge in [-0.3, -0.25) is 0 Å². The predicted molar refractivity (Wildman–Crippen MR) is 78.8 cm³/mol. The third-order valence-electron chi connectivity index (χ3n) is 3.42. The van der Waals surface area contributed by atoms with Gasteiger partial charge in [0.15, 0.2) is 0 Å². The number of methoxy groups -OCH3 is 1. The van der Waals surface area contributed by atoms with Crippen LogP contribution in [-0.4, -0.2) is 61.5 Å². The van der Waals surface area contributed by atoms with Crippen molar-refractivity contribution in [2.75, 3.05) is 33.4 Å². The zero-order valence-electron chi connectivity index (χ0n) is 12.4. The van der Waals surface area contributed by atoms with Gasteiger partial charge in [0, 0.05) is 13.7 Å². The standard InChI is InChI=1S/C15H20N2O5/c1-21-6-7-22-13-9-17(10-13)15(20)16-8-11-2-4-12(5-3-11)14(18)19/h2-5,13H,6-10H2,1H3,(H,16,20)(H,18,19). The highest BCUT2D eigenvalue weighted by Crippen LogP contribution is 2.12. The van der Waals surface area contributed by atoms with E-state index < -0.39 is 5.97 Å². The summed E-state index contributed by atoms with van der Waals surface area (Å²) in [7, 11) is 1.62. The van der Waals surface area contributed by atoms with E-state index in [4.69, 9.17) is 14.6 Å². The van der Waals surface area contributed by atoms with Gasteiger partial charge in [-0.2, -0.15) is 0 Å². The van der Waals surface area contributed by atoms with Crippen LogP contribution in [0.5, 0.6) is 0 Å². The molecule has 0 aromatic heterocycles. The summed E-state index contributed by atoms with van der Waals surface area (Å²) in [6.07, 6.45) is 0.0794. The highest BCUT2D eigenvalue weighted by Gasteiger charge is 2.30. The number of likely N-dealkylation sites (tertiary alicyclic amines) is 1. The van der Waals surface area contributed by atoms with Crippen LogP contribution in [0.15, 0.2) is 24.3 Å². The Labute approximate surface area is 128 Å². The number of nitrogens with one attached hydrogen (secondary N) is 1. The topological polar surface area (TPSA) is 88.1 Å². The number of ether oxygens (including phenoxy) is 2. The number of carboxylic acids is 1. The third-order valence-corrected chi connectivity index (χ3v) is 3.42. The van der Waals surface area contributed by atoms with Gasteiger partial charge in [-0.15, -0.1) is 0 Å². The molecule has 0 bridgehead atoms. The number of rotatable bonds is 7. The van der Waals surface area contributed by atoms with Crippen molar-refractivity contribution in [2.45, 2.75) is 12.6 Å². The van der Waals surface area contributed by atoms with E-state index in [9.17, 15) is 9.59 Å². The van der Waals surface area contributed by atoms with Gasteiger partial charge in [-0.25, -0.2) is 9.59 Å².